The number of nitrogens with zero attached hydrogens (tertiary/aromatic N) is 1. The second kappa shape index (κ2) is 9.21. The summed E-state index contributed by atoms with van der Waals surface area (Å²) in [4.78, 5) is 33.1. The van der Waals surface area contributed by atoms with Crippen LogP contribution in [0.3, 0.4) is 0 Å². The van der Waals surface area contributed by atoms with Crippen LogP contribution in [0, 0.1) is 11.3 Å². The van der Waals surface area contributed by atoms with Crippen LogP contribution < -0.4 is 16.8 Å². The topological polar surface area (TPSA) is 111 Å². The number of thiophene rings is 2. The lowest BCUT2D eigenvalue weighted by Crippen LogP contribution is -2.27. The molecule has 6 nitrogen and oxygen atoms in total. The number of primary amides is 1. The molecule has 3 heterocycles. The van der Waals surface area contributed by atoms with E-state index in [4.69, 9.17) is 16.5 Å². The number of hydrogen-bond donors (Lipinski definition) is 3. The van der Waals surface area contributed by atoms with E-state index in [0.717, 1.165) is 72.8 Å². The van der Waals surface area contributed by atoms with Gasteiger partial charge in [-0.1, -0.05) is 33.6 Å². The van der Waals surface area contributed by atoms with Crippen LogP contribution in [0.1, 0.15) is 94.6 Å². The van der Waals surface area contributed by atoms with E-state index in [1.807, 2.05) is 0 Å². The minimum absolute atomic E-state index is 0.244. The zero-order valence-electron chi connectivity index (χ0n) is 20.8. The molecular weight excluding hydrogens is 476 g/mol. The Bertz CT molecular complexity index is 1320. The number of carbonyl (C=O) groups excluding carboxylic acids is 2. The van der Waals surface area contributed by atoms with Crippen molar-refractivity contribution in [1.82, 2.24) is 4.98 Å². The highest BCUT2D eigenvalue weighted by molar-refractivity contribution is 7.21. The maximum atomic E-state index is 13.4. The van der Waals surface area contributed by atoms with Crippen molar-refractivity contribution in [2.24, 2.45) is 17.1 Å². The quantitative estimate of drug-likeness (QED) is 0.395. The third kappa shape index (κ3) is 4.58. The van der Waals surface area contributed by atoms with Gasteiger partial charge in [-0.05, 0) is 73.5 Å². The Morgan fingerprint density at radius 2 is 1.83 bits per heavy atom. The summed E-state index contributed by atoms with van der Waals surface area (Å²) in [6.07, 6.45) is 9.29. The molecule has 35 heavy (non-hydrogen) atoms. The lowest BCUT2D eigenvalue weighted by atomic mass is 9.71. The van der Waals surface area contributed by atoms with Gasteiger partial charge >= 0.3 is 0 Å². The van der Waals surface area contributed by atoms with E-state index < -0.39 is 5.91 Å². The molecule has 186 valence electrons. The minimum Gasteiger partial charge on any atom is -0.397 e. The van der Waals surface area contributed by atoms with Crippen LogP contribution in [0.4, 0.5) is 10.7 Å². The molecule has 2 aliphatic rings. The summed E-state index contributed by atoms with van der Waals surface area (Å²) in [7, 11) is 0. The zero-order chi connectivity index (χ0) is 24.9. The largest absolute Gasteiger partial charge is 0.397 e. The van der Waals surface area contributed by atoms with Crippen LogP contribution in [-0.4, -0.2) is 16.8 Å². The Morgan fingerprint density at radius 3 is 2.54 bits per heavy atom. The van der Waals surface area contributed by atoms with E-state index in [0.29, 0.717) is 27.0 Å². The molecule has 3 aromatic heterocycles. The summed E-state index contributed by atoms with van der Waals surface area (Å²) in [6.45, 7) is 6.88. The average molecular weight is 511 g/mol. The number of nitrogen functional groups attached to an aromatic ring is 1. The van der Waals surface area contributed by atoms with Gasteiger partial charge in [-0.3, -0.25) is 9.59 Å². The number of hydrogen-bond acceptors (Lipinski definition) is 6. The first-order valence-electron chi connectivity index (χ1n) is 12.6. The summed E-state index contributed by atoms with van der Waals surface area (Å²) < 4.78 is 0. The Labute approximate surface area is 214 Å². The molecule has 1 atom stereocenters. The van der Waals surface area contributed by atoms with Crippen molar-refractivity contribution in [3.63, 3.8) is 0 Å². The minimum atomic E-state index is -0.481. The van der Waals surface area contributed by atoms with Gasteiger partial charge in [0.1, 0.15) is 14.7 Å². The maximum absolute atomic E-state index is 13.4. The van der Waals surface area contributed by atoms with Crippen molar-refractivity contribution in [3.8, 4) is 0 Å². The van der Waals surface area contributed by atoms with Crippen molar-refractivity contribution in [2.45, 2.75) is 78.6 Å². The molecule has 0 spiro atoms. The predicted molar refractivity (Wildman–Crippen MR) is 146 cm³/mol. The standard InChI is InChI=1S/C27H34N4O2S2/c1-27(2,3)15-10-11-18-14(12-15)13-17-21(28)22(35-25(17)30-18)24(33)31-26-20(23(29)32)16-8-6-4-5-7-9-19(16)34-26/h13,15H,4-12,28H2,1-3H3,(H2,29,32)(H,31,33). The van der Waals surface area contributed by atoms with Gasteiger partial charge in [0.25, 0.3) is 11.8 Å². The van der Waals surface area contributed by atoms with Crippen LogP contribution in [0.2, 0.25) is 0 Å². The summed E-state index contributed by atoms with van der Waals surface area (Å²) in [5.74, 6) is -0.180. The van der Waals surface area contributed by atoms with E-state index >= 15 is 0 Å². The number of nitrogens with two attached hydrogens (primary N) is 2. The Hall–Kier alpha value is -2.45. The van der Waals surface area contributed by atoms with Gasteiger partial charge < -0.3 is 16.8 Å². The fourth-order valence-corrected chi connectivity index (χ4v) is 7.81. The number of amides is 2. The van der Waals surface area contributed by atoms with Gasteiger partial charge in [0.05, 0.1) is 11.3 Å². The number of nitrogens with one attached hydrogen (secondary N) is 1. The second-order valence-corrected chi connectivity index (χ2v) is 13.1. The van der Waals surface area contributed by atoms with Crippen LogP contribution in [0.25, 0.3) is 10.2 Å². The number of anilines is 2. The molecule has 2 amide bonds. The third-order valence-corrected chi connectivity index (χ3v) is 9.98. The van der Waals surface area contributed by atoms with Gasteiger partial charge in [0.2, 0.25) is 0 Å². The molecule has 3 aromatic rings. The molecule has 5 rings (SSSR count). The Kier molecular flexibility index (Phi) is 6.38. The Morgan fingerprint density at radius 1 is 1.09 bits per heavy atom. The fourth-order valence-electron chi connectivity index (χ4n) is 5.53. The van der Waals surface area contributed by atoms with Crippen molar-refractivity contribution in [3.05, 3.63) is 38.2 Å². The first kappa shape index (κ1) is 24.3. The lowest BCUT2D eigenvalue weighted by molar-refractivity contribution is 0.100. The molecule has 0 bridgehead atoms. The summed E-state index contributed by atoms with van der Waals surface area (Å²) in [5.41, 5.74) is 16.8. The predicted octanol–water partition coefficient (Wildman–Crippen LogP) is 6.10. The molecule has 0 fully saturated rings. The molecule has 5 N–H and O–H groups in total. The first-order chi connectivity index (χ1) is 16.6. The van der Waals surface area contributed by atoms with Gasteiger partial charge in [-0.25, -0.2) is 4.98 Å². The normalized spacial score (nSPS) is 18.4. The van der Waals surface area contributed by atoms with Crippen molar-refractivity contribution in [2.75, 3.05) is 11.1 Å². The highest BCUT2D eigenvalue weighted by Gasteiger charge is 2.31. The number of aryl methyl sites for hydroxylation is 2. The van der Waals surface area contributed by atoms with E-state index in [-0.39, 0.29) is 11.3 Å². The van der Waals surface area contributed by atoms with Crippen molar-refractivity contribution < 1.29 is 9.59 Å². The molecule has 0 saturated heterocycles. The summed E-state index contributed by atoms with van der Waals surface area (Å²) in [5, 5.41) is 4.38. The van der Waals surface area contributed by atoms with Crippen LogP contribution >= 0.6 is 22.7 Å². The molecule has 0 saturated carbocycles. The summed E-state index contributed by atoms with van der Waals surface area (Å²) in [6, 6.07) is 2.14. The van der Waals surface area contributed by atoms with Gasteiger partial charge in [-0.15, -0.1) is 22.7 Å². The smallest absolute Gasteiger partial charge is 0.268 e. The van der Waals surface area contributed by atoms with Gasteiger partial charge in [0, 0.05) is 16.0 Å². The fraction of sp³-hybridized carbons (Fsp3) is 0.519. The number of aromatic nitrogens is 1. The van der Waals surface area contributed by atoms with Crippen LogP contribution in [-0.2, 0) is 25.7 Å². The molecular formula is C27H34N4O2S2. The van der Waals surface area contributed by atoms with E-state index in [1.54, 1.807) is 0 Å². The van der Waals surface area contributed by atoms with E-state index in [1.165, 1.54) is 39.5 Å². The maximum Gasteiger partial charge on any atom is 0.268 e. The lowest BCUT2D eigenvalue weighted by Gasteiger charge is -2.34. The molecule has 8 heteroatoms. The summed E-state index contributed by atoms with van der Waals surface area (Å²) >= 11 is 2.81. The average Bonchev–Trinajstić information content (AvgIpc) is 3.27. The van der Waals surface area contributed by atoms with Gasteiger partial charge in [-0.2, -0.15) is 0 Å². The van der Waals surface area contributed by atoms with Gasteiger partial charge in [0.15, 0.2) is 0 Å². The van der Waals surface area contributed by atoms with Crippen LogP contribution in [0.5, 0.6) is 0 Å². The van der Waals surface area contributed by atoms with Crippen molar-refractivity contribution in [1.29, 1.82) is 0 Å². The zero-order valence-corrected chi connectivity index (χ0v) is 22.4. The Balaban J connectivity index is 1.47. The number of fused-ring (bicyclic) bond motifs is 3. The molecule has 0 aliphatic heterocycles. The second-order valence-electron chi connectivity index (χ2n) is 11.0. The molecule has 1 unspecified atom stereocenters. The van der Waals surface area contributed by atoms with E-state index in [9.17, 15) is 9.59 Å². The molecule has 0 radical (unpaired) electrons. The molecule has 0 aromatic carbocycles. The highest BCUT2D eigenvalue weighted by Crippen LogP contribution is 2.41. The van der Waals surface area contributed by atoms with Crippen LogP contribution in [0.15, 0.2) is 6.07 Å². The highest BCUT2D eigenvalue weighted by atomic mass is 32.1. The number of rotatable bonds is 3. The van der Waals surface area contributed by atoms with Crippen molar-refractivity contribution >= 4 is 55.4 Å². The number of pyridine rings is 1. The first-order valence-corrected chi connectivity index (χ1v) is 14.2. The third-order valence-electron chi connectivity index (χ3n) is 7.66. The number of carbonyl (C=O) groups is 2. The molecule has 2 aliphatic carbocycles. The van der Waals surface area contributed by atoms with E-state index in [2.05, 4.69) is 32.2 Å². The monoisotopic (exact) mass is 510 g/mol. The SMILES string of the molecule is CC(C)(C)C1CCc2nc3sc(C(=O)Nc4sc5c(c4C(N)=O)CCCCCC5)c(N)c3cc2C1.